The summed E-state index contributed by atoms with van der Waals surface area (Å²) in [5, 5.41) is 11.0. The highest BCUT2D eigenvalue weighted by Crippen LogP contribution is 2.28. The van der Waals surface area contributed by atoms with Crippen molar-refractivity contribution in [2.75, 3.05) is 7.05 Å². The van der Waals surface area contributed by atoms with Crippen molar-refractivity contribution >= 4 is 11.6 Å². The molecule has 0 saturated carbocycles. The first-order valence-corrected chi connectivity index (χ1v) is 7.89. The van der Waals surface area contributed by atoms with Crippen molar-refractivity contribution in [3.63, 3.8) is 0 Å². The van der Waals surface area contributed by atoms with Gasteiger partial charge < -0.3 is 10.0 Å². The fraction of sp³-hybridized carbons (Fsp3) is 0.333. The predicted molar refractivity (Wildman–Crippen MR) is 85.9 cm³/mol. The van der Waals surface area contributed by atoms with Crippen LogP contribution in [0.5, 0.6) is 5.75 Å². The fourth-order valence-corrected chi connectivity index (χ4v) is 3.40. The molecule has 0 spiro atoms. The zero-order valence-electron chi connectivity index (χ0n) is 12.3. The molecule has 110 valence electrons. The van der Waals surface area contributed by atoms with E-state index in [-0.39, 0.29) is 0 Å². The van der Waals surface area contributed by atoms with E-state index in [1.807, 2.05) is 24.3 Å². The van der Waals surface area contributed by atoms with E-state index in [4.69, 9.17) is 11.6 Å². The van der Waals surface area contributed by atoms with E-state index >= 15 is 0 Å². The quantitative estimate of drug-likeness (QED) is 0.892. The summed E-state index contributed by atoms with van der Waals surface area (Å²) in [6, 6.07) is 12.1. The number of phenols is 1. The highest BCUT2D eigenvalue weighted by molar-refractivity contribution is 6.30. The summed E-state index contributed by atoms with van der Waals surface area (Å²) in [6.45, 7) is 1.72. The number of quaternary nitrogens is 1. The Morgan fingerprint density at radius 1 is 1.10 bits per heavy atom. The number of fused-ring (bicyclic) bond motifs is 1. The second-order valence-electron chi connectivity index (χ2n) is 6.04. The van der Waals surface area contributed by atoms with E-state index in [9.17, 15) is 5.11 Å². The van der Waals surface area contributed by atoms with Crippen LogP contribution in [0.15, 0.2) is 36.4 Å². The zero-order valence-corrected chi connectivity index (χ0v) is 13.1. The zero-order chi connectivity index (χ0) is 14.8. The Morgan fingerprint density at radius 2 is 1.86 bits per heavy atom. The first kappa shape index (κ1) is 14.4. The fourth-order valence-electron chi connectivity index (χ4n) is 3.19. The molecule has 2 aromatic carbocycles. The summed E-state index contributed by atoms with van der Waals surface area (Å²) in [5.41, 5.74) is 5.01. The molecule has 2 N–H and O–H groups in total. The van der Waals surface area contributed by atoms with Crippen molar-refractivity contribution < 1.29 is 10.0 Å². The Morgan fingerprint density at radius 3 is 2.62 bits per heavy atom. The molecule has 1 aliphatic rings. The predicted octanol–water partition coefficient (Wildman–Crippen LogP) is 2.75. The standard InChI is InChI=1S/C18H20ClNO/c1-20(11-13-4-2-7-17(19)8-13)12-16-9-14-5-3-6-15(14)10-18(16)21/h2,4,7-10,21H,3,5-6,11-12H2,1H3/p+1. The molecule has 2 aromatic rings. The van der Waals surface area contributed by atoms with Crippen LogP contribution < -0.4 is 4.90 Å². The molecule has 0 saturated heterocycles. The second kappa shape index (κ2) is 6.08. The Bertz CT molecular complexity index is 654. The van der Waals surface area contributed by atoms with Gasteiger partial charge in [-0.1, -0.05) is 23.7 Å². The Kier molecular flexibility index (Phi) is 4.18. The van der Waals surface area contributed by atoms with Crippen LogP contribution in [0.1, 0.15) is 28.7 Å². The number of hydrogen-bond acceptors (Lipinski definition) is 1. The Balaban J connectivity index is 1.71. The average molecular weight is 303 g/mol. The third-order valence-electron chi connectivity index (χ3n) is 4.18. The van der Waals surface area contributed by atoms with Gasteiger partial charge in [-0.3, -0.25) is 0 Å². The van der Waals surface area contributed by atoms with Crippen molar-refractivity contribution in [3.8, 4) is 5.75 Å². The number of aryl methyl sites for hydroxylation is 2. The lowest BCUT2D eigenvalue weighted by Crippen LogP contribution is -3.06. The van der Waals surface area contributed by atoms with Gasteiger partial charge in [-0.2, -0.15) is 0 Å². The lowest BCUT2D eigenvalue weighted by Gasteiger charge is -2.16. The maximum Gasteiger partial charge on any atom is 0.124 e. The first-order chi connectivity index (χ1) is 10.1. The van der Waals surface area contributed by atoms with E-state index in [0.29, 0.717) is 5.75 Å². The van der Waals surface area contributed by atoms with Crippen LogP contribution in [-0.2, 0) is 25.9 Å². The van der Waals surface area contributed by atoms with Crippen molar-refractivity contribution in [2.24, 2.45) is 0 Å². The number of halogens is 1. The normalized spacial score (nSPS) is 15.0. The van der Waals surface area contributed by atoms with Gasteiger partial charge in [-0.05, 0) is 54.7 Å². The van der Waals surface area contributed by atoms with Gasteiger partial charge in [0.2, 0.25) is 0 Å². The number of rotatable bonds is 4. The van der Waals surface area contributed by atoms with Gasteiger partial charge in [0.05, 0.1) is 7.05 Å². The molecule has 1 aliphatic carbocycles. The second-order valence-corrected chi connectivity index (χ2v) is 6.48. The molecule has 0 radical (unpaired) electrons. The van der Waals surface area contributed by atoms with Crippen molar-refractivity contribution in [1.29, 1.82) is 0 Å². The van der Waals surface area contributed by atoms with E-state index in [0.717, 1.165) is 36.5 Å². The van der Waals surface area contributed by atoms with Gasteiger partial charge in [0.15, 0.2) is 0 Å². The molecule has 2 nitrogen and oxygen atoms in total. The molecular weight excluding hydrogens is 282 g/mol. The molecule has 0 amide bonds. The smallest absolute Gasteiger partial charge is 0.124 e. The van der Waals surface area contributed by atoms with E-state index in [1.165, 1.54) is 28.0 Å². The number of nitrogens with one attached hydrogen (secondary N) is 1. The molecule has 0 aliphatic heterocycles. The lowest BCUT2D eigenvalue weighted by molar-refractivity contribution is -0.907. The van der Waals surface area contributed by atoms with Gasteiger partial charge in [-0.15, -0.1) is 0 Å². The van der Waals surface area contributed by atoms with E-state index in [2.05, 4.69) is 19.2 Å². The summed E-state index contributed by atoms with van der Waals surface area (Å²) in [4.78, 5) is 1.34. The van der Waals surface area contributed by atoms with E-state index < -0.39 is 0 Å². The average Bonchev–Trinajstić information content (AvgIpc) is 2.86. The van der Waals surface area contributed by atoms with E-state index in [1.54, 1.807) is 0 Å². The summed E-state index contributed by atoms with van der Waals surface area (Å²) in [5.74, 6) is 0.445. The van der Waals surface area contributed by atoms with Gasteiger partial charge in [0, 0.05) is 16.1 Å². The molecule has 0 bridgehead atoms. The topological polar surface area (TPSA) is 24.7 Å². The minimum absolute atomic E-state index is 0.445. The first-order valence-electron chi connectivity index (χ1n) is 7.51. The van der Waals surface area contributed by atoms with Crippen LogP contribution >= 0.6 is 11.6 Å². The minimum atomic E-state index is 0.445. The molecular formula is C18H21ClNO+. The van der Waals surface area contributed by atoms with Crippen molar-refractivity contribution in [1.82, 2.24) is 0 Å². The molecule has 0 aromatic heterocycles. The third kappa shape index (κ3) is 3.39. The molecule has 0 heterocycles. The minimum Gasteiger partial charge on any atom is -0.507 e. The lowest BCUT2D eigenvalue weighted by atomic mass is 10.0. The number of hydrogen-bond donors (Lipinski definition) is 2. The summed E-state index contributed by atoms with van der Waals surface area (Å²) < 4.78 is 0. The van der Waals surface area contributed by atoms with Gasteiger partial charge >= 0.3 is 0 Å². The third-order valence-corrected chi connectivity index (χ3v) is 4.42. The maximum absolute atomic E-state index is 10.2. The molecule has 1 unspecified atom stereocenters. The van der Waals surface area contributed by atoms with Crippen LogP contribution in [0.25, 0.3) is 0 Å². The molecule has 21 heavy (non-hydrogen) atoms. The molecule has 0 fully saturated rings. The number of phenolic OH excluding ortho intramolecular Hbond substituents is 1. The SMILES string of the molecule is C[NH+](Cc1cccc(Cl)c1)Cc1cc2c(cc1O)CCC2. The highest BCUT2D eigenvalue weighted by Gasteiger charge is 2.16. The van der Waals surface area contributed by atoms with Crippen molar-refractivity contribution in [2.45, 2.75) is 32.4 Å². The number of benzene rings is 2. The highest BCUT2D eigenvalue weighted by atomic mass is 35.5. The van der Waals surface area contributed by atoms with Gasteiger partial charge in [0.25, 0.3) is 0 Å². The van der Waals surface area contributed by atoms with Crippen LogP contribution in [0.3, 0.4) is 0 Å². The Hall–Kier alpha value is -1.51. The van der Waals surface area contributed by atoms with Crippen LogP contribution in [-0.4, -0.2) is 12.2 Å². The van der Waals surface area contributed by atoms with Crippen LogP contribution in [0.2, 0.25) is 5.02 Å². The summed E-state index contributed by atoms with van der Waals surface area (Å²) in [6.07, 6.45) is 3.47. The summed E-state index contributed by atoms with van der Waals surface area (Å²) >= 11 is 6.03. The van der Waals surface area contributed by atoms with Gasteiger partial charge in [-0.25, -0.2) is 0 Å². The van der Waals surface area contributed by atoms with Crippen molar-refractivity contribution in [3.05, 3.63) is 63.7 Å². The monoisotopic (exact) mass is 302 g/mol. The molecule has 1 atom stereocenters. The Labute approximate surface area is 131 Å². The maximum atomic E-state index is 10.2. The summed E-state index contributed by atoms with van der Waals surface area (Å²) in [7, 11) is 2.15. The van der Waals surface area contributed by atoms with Crippen LogP contribution in [0.4, 0.5) is 0 Å². The number of aromatic hydroxyl groups is 1. The molecule has 3 heteroatoms. The largest absolute Gasteiger partial charge is 0.507 e. The van der Waals surface area contributed by atoms with Crippen LogP contribution in [0, 0.1) is 0 Å². The molecule has 3 rings (SSSR count). The van der Waals surface area contributed by atoms with Gasteiger partial charge in [0.1, 0.15) is 18.8 Å².